The van der Waals surface area contributed by atoms with Crippen LogP contribution in [0.25, 0.3) is 0 Å². The highest BCUT2D eigenvalue weighted by Gasteiger charge is 2.48. The fourth-order valence-electron chi connectivity index (χ4n) is 3.95. The Hall–Kier alpha value is -0.830. The zero-order valence-electron chi connectivity index (χ0n) is 9.45. The average molecular weight is 222 g/mol. The van der Waals surface area contributed by atoms with E-state index >= 15 is 0 Å². The number of aliphatic carboxylic acids is 1. The van der Waals surface area contributed by atoms with Gasteiger partial charge in [-0.3, -0.25) is 4.79 Å². The third kappa shape index (κ3) is 1.77. The number of carboxylic acids is 1. The van der Waals surface area contributed by atoms with Crippen molar-refractivity contribution in [1.82, 2.24) is 0 Å². The van der Waals surface area contributed by atoms with E-state index in [1.54, 1.807) is 5.57 Å². The van der Waals surface area contributed by atoms with Gasteiger partial charge in [-0.2, -0.15) is 0 Å². The normalized spacial score (nSPS) is 39.9. The highest BCUT2D eigenvalue weighted by molar-refractivity contribution is 5.66. The van der Waals surface area contributed by atoms with Crippen molar-refractivity contribution in [3.63, 3.8) is 0 Å². The lowest BCUT2D eigenvalue weighted by atomic mass is 9.59. The second-order valence-electron chi connectivity index (χ2n) is 5.65. The molecule has 0 radical (unpaired) electrons. The Bertz CT molecular complexity index is 347. The van der Waals surface area contributed by atoms with Gasteiger partial charge in [-0.25, -0.2) is 0 Å². The molecule has 2 fully saturated rings. The van der Waals surface area contributed by atoms with Crippen LogP contribution in [0.5, 0.6) is 0 Å². The molecule has 3 heteroatoms. The number of hydrogen-bond acceptors (Lipinski definition) is 2. The molecule has 0 amide bonds. The lowest BCUT2D eigenvalue weighted by molar-refractivity contribution is -0.144. The van der Waals surface area contributed by atoms with Gasteiger partial charge >= 0.3 is 5.97 Å². The van der Waals surface area contributed by atoms with E-state index in [1.807, 2.05) is 0 Å². The van der Waals surface area contributed by atoms with Gasteiger partial charge in [0, 0.05) is 0 Å². The molecule has 3 atom stereocenters. The van der Waals surface area contributed by atoms with Crippen LogP contribution in [0.1, 0.15) is 38.5 Å². The first-order valence-electron chi connectivity index (χ1n) is 6.21. The third-order valence-corrected chi connectivity index (χ3v) is 4.23. The van der Waals surface area contributed by atoms with Crippen molar-refractivity contribution in [2.45, 2.75) is 44.1 Å². The van der Waals surface area contributed by atoms with Crippen molar-refractivity contribution < 1.29 is 14.6 Å². The van der Waals surface area contributed by atoms with E-state index in [-0.39, 0.29) is 12.0 Å². The summed E-state index contributed by atoms with van der Waals surface area (Å²) >= 11 is 0. The molecule has 0 spiro atoms. The predicted octanol–water partition coefficient (Wildman–Crippen LogP) is 2.37. The molecule has 1 N–H and O–H groups in total. The van der Waals surface area contributed by atoms with E-state index in [2.05, 4.69) is 6.08 Å². The fourth-order valence-corrected chi connectivity index (χ4v) is 3.95. The molecule has 0 aromatic carbocycles. The van der Waals surface area contributed by atoms with Crippen molar-refractivity contribution in [1.29, 1.82) is 0 Å². The smallest absolute Gasteiger partial charge is 0.305 e. The Balaban J connectivity index is 1.66. The molecule has 4 aliphatic rings. The van der Waals surface area contributed by atoms with Gasteiger partial charge in [0.05, 0.1) is 18.6 Å². The molecule has 2 saturated carbocycles. The van der Waals surface area contributed by atoms with E-state index in [0.29, 0.717) is 12.5 Å². The number of hydrogen-bond donors (Lipinski definition) is 1. The SMILES string of the molecule is O=C(O)CCOC12CC3=CC(CC(C3)C1)C2. The lowest BCUT2D eigenvalue weighted by Gasteiger charge is -2.52. The molecule has 3 nitrogen and oxygen atoms in total. The second-order valence-corrected chi connectivity index (χ2v) is 5.65. The van der Waals surface area contributed by atoms with Crippen LogP contribution in [0.3, 0.4) is 0 Å². The summed E-state index contributed by atoms with van der Waals surface area (Å²) in [7, 11) is 0. The Morgan fingerprint density at radius 3 is 3.12 bits per heavy atom. The van der Waals surface area contributed by atoms with Crippen LogP contribution in [0.4, 0.5) is 0 Å². The van der Waals surface area contributed by atoms with E-state index in [0.717, 1.165) is 25.2 Å². The van der Waals surface area contributed by atoms with Crippen molar-refractivity contribution in [2.24, 2.45) is 11.8 Å². The molecule has 4 aliphatic carbocycles. The van der Waals surface area contributed by atoms with Crippen LogP contribution in [0.2, 0.25) is 0 Å². The van der Waals surface area contributed by atoms with Crippen LogP contribution >= 0.6 is 0 Å². The summed E-state index contributed by atoms with van der Waals surface area (Å²) in [5.74, 6) is 0.752. The summed E-state index contributed by atoms with van der Waals surface area (Å²) in [6.45, 7) is 0.377. The van der Waals surface area contributed by atoms with Gasteiger partial charge in [-0.1, -0.05) is 11.6 Å². The highest BCUT2D eigenvalue weighted by Crippen LogP contribution is 2.54. The molecule has 4 rings (SSSR count). The molecule has 16 heavy (non-hydrogen) atoms. The fraction of sp³-hybridized carbons (Fsp3) is 0.769. The zero-order chi connectivity index (χ0) is 11.2. The molecule has 0 saturated heterocycles. The van der Waals surface area contributed by atoms with Crippen molar-refractivity contribution in [3.05, 3.63) is 11.6 Å². The van der Waals surface area contributed by atoms with Gasteiger partial charge < -0.3 is 9.84 Å². The first kappa shape index (κ1) is 10.3. The van der Waals surface area contributed by atoms with E-state index in [9.17, 15) is 4.79 Å². The monoisotopic (exact) mass is 222 g/mol. The van der Waals surface area contributed by atoms with Crippen molar-refractivity contribution in [2.75, 3.05) is 6.61 Å². The Morgan fingerprint density at radius 2 is 2.44 bits per heavy atom. The van der Waals surface area contributed by atoms with Crippen LogP contribution in [0, 0.1) is 11.8 Å². The molecule has 0 heterocycles. The highest BCUT2D eigenvalue weighted by atomic mass is 16.5. The van der Waals surface area contributed by atoms with Gasteiger partial charge in [0.1, 0.15) is 0 Å². The predicted molar refractivity (Wildman–Crippen MR) is 59.1 cm³/mol. The quantitative estimate of drug-likeness (QED) is 0.743. The molecule has 0 aromatic rings. The Kier molecular flexibility index (Phi) is 2.32. The number of rotatable bonds is 4. The summed E-state index contributed by atoms with van der Waals surface area (Å²) < 4.78 is 5.93. The molecular formula is C13H18O3. The molecule has 4 bridgehead atoms. The maximum atomic E-state index is 10.5. The molecule has 3 unspecified atom stereocenters. The average Bonchev–Trinajstić information content (AvgIpc) is 2.13. The van der Waals surface area contributed by atoms with Crippen LogP contribution in [0.15, 0.2) is 11.6 Å². The summed E-state index contributed by atoms with van der Waals surface area (Å²) in [5, 5.41) is 8.63. The first-order chi connectivity index (χ1) is 7.65. The molecular weight excluding hydrogens is 204 g/mol. The standard InChI is InChI=1S/C13H18O3/c14-12(15)1-2-16-13-6-9-3-10(7-13)5-11(4-9)8-13/h3,9,11H,1-2,4-8H2,(H,14,15). The summed E-state index contributed by atoms with van der Waals surface area (Å²) in [4.78, 5) is 10.5. The van der Waals surface area contributed by atoms with Gasteiger partial charge in [0.15, 0.2) is 0 Å². The van der Waals surface area contributed by atoms with E-state index < -0.39 is 5.97 Å². The number of ether oxygens (including phenoxy) is 1. The van der Waals surface area contributed by atoms with Gasteiger partial charge in [0.2, 0.25) is 0 Å². The summed E-state index contributed by atoms with van der Waals surface area (Å²) in [5.41, 5.74) is 1.57. The number of carboxylic acid groups (broad SMARTS) is 1. The third-order valence-electron chi connectivity index (χ3n) is 4.23. The maximum Gasteiger partial charge on any atom is 0.305 e. The Morgan fingerprint density at radius 1 is 1.56 bits per heavy atom. The minimum atomic E-state index is -0.760. The minimum absolute atomic E-state index is 0.00532. The topological polar surface area (TPSA) is 46.5 Å². The van der Waals surface area contributed by atoms with Crippen molar-refractivity contribution >= 4 is 5.97 Å². The van der Waals surface area contributed by atoms with Gasteiger partial charge in [-0.05, 0) is 43.9 Å². The van der Waals surface area contributed by atoms with Gasteiger partial charge in [-0.15, -0.1) is 0 Å². The zero-order valence-corrected chi connectivity index (χ0v) is 9.45. The van der Waals surface area contributed by atoms with Crippen molar-refractivity contribution in [3.8, 4) is 0 Å². The Labute approximate surface area is 95.5 Å². The molecule has 0 aromatic heterocycles. The number of allylic oxidation sites excluding steroid dienone is 1. The maximum absolute atomic E-state index is 10.5. The first-order valence-corrected chi connectivity index (χ1v) is 6.21. The van der Waals surface area contributed by atoms with E-state index in [1.165, 1.54) is 12.8 Å². The second kappa shape index (κ2) is 3.59. The minimum Gasteiger partial charge on any atom is -0.481 e. The molecule has 0 aliphatic heterocycles. The summed E-state index contributed by atoms with van der Waals surface area (Å²) in [6, 6.07) is 0. The largest absolute Gasteiger partial charge is 0.481 e. The van der Waals surface area contributed by atoms with E-state index in [4.69, 9.17) is 9.84 Å². The van der Waals surface area contributed by atoms with Gasteiger partial charge in [0.25, 0.3) is 0 Å². The summed E-state index contributed by atoms with van der Waals surface area (Å²) in [6.07, 6.45) is 8.49. The molecule has 88 valence electrons. The number of carbonyl (C=O) groups is 1. The van der Waals surface area contributed by atoms with Crippen LogP contribution in [-0.4, -0.2) is 23.3 Å². The van der Waals surface area contributed by atoms with Crippen LogP contribution in [-0.2, 0) is 9.53 Å². The van der Waals surface area contributed by atoms with Crippen LogP contribution < -0.4 is 0 Å². The lowest BCUT2D eigenvalue weighted by Crippen LogP contribution is -2.48.